The molecule has 0 unspecified atom stereocenters. The molecule has 1 amide bonds. The Hall–Kier alpha value is -3.86. The Morgan fingerprint density at radius 1 is 1.00 bits per heavy atom. The molecule has 1 saturated heterocycles. The van der Waals surface area contributed by atoms with E-state index in [1.165, 1.54) is 15.4 Å². The van der Waals surface area contributed by atoms with Crippen LogP contribution in [0.2, 0.25) is 5.02 Å². The predicted molar refractivity (Wildman–Crippen MR) is 156 cm³/mol. The molecule has 0 radical (unpaired) electrons. The number of carbonyl (C=O) groups is 1. The molecule has 1 aliphatic heterocycles. The number of thioether (sulfide) groups is 1. The normalized spacial score (nSPS) is 14.3. The summed E-state index contributed by atoms with van der Waals surface area (Å²) >= 11 is 12.9. The smallest absolute Gasteiger partial charge is 0.269 e. The summed E-state index contributed by atoms with van der Waals surface area (Å²) in [5, 5.41) is 0.361. The number of pyridine rings is 1. The summed E-state index contributed by atoms with van der Waals surface area (Å²) in [5.41, 5.74) is 1.07. The van der Waals surface area contributed by atoms with Crippen molar-refractivity contribution in [1.82, 2.24) is 14.3 Å². The van der Waals surface area contributed by atoms with Crippen LogP contribution in [0, 0.1) is 0 Å². The fourth-order valence-corrected chi connectivity index (χ4v) is 5.48. The fraction of sp³-hybridized carbons (Fsp3) is 0.143. The Balaban J connectivity index is 1.46. The Kier molecular flexibility index (Phi) is 7.87. The molecule has 8 nitrogen and oxygen atoms in total. The van der Waals surface area contributed by atoms with Gasteiger partial charge in [-0.25, -0.2) is 0 Å². The summed E-state index contributed by atoms with van der Waals surface area (Å²) in [6.45, 7) is 0.357. The highest BCUT2D eigenvalue weighted by atomic mass is 35.5. The monoisotopic (exact) mass is 579 g/mol. The molecule has 198 valence electrons. The Morgan fingerprint density at radius 3 is 2.54 bits per heavy atom. The lowest BCUT2D eigenvalue weighted by molar-refractivity contribution is -0.122. The van der Waals surface area contributed by atoms with Crippen molar-refractivity contribution in [2.45, 2.75) is 6.42 Å². The van der Waals surface area contributed by atoms with Gasteiger partial charge < -0.3 is 14.2 Å². The third-order valence-corrected chi connectivity index (χ3v) is 7.69. The summed E-state index contributed by atoms with van der Waals surface area (Å²) in [7, 11) is 3.15. The molecule has 0 atom stereocenters. The van der Waals surface area contributed by atoms with Crippen LogP contribution in [0.25, 0.3) is 11.7 Å². The number of rotatable bonds is 8. The first kappa shape index (κ1) is 26.7. The van der Waals surface area contributed by atoms with Gasteiger partial charge in [-0.15, -0.1) is 0 Å². The van der Waals surface area contributed by atoms with Crippen LogP contribution >= 0.6 is 35.6 Å². The van der Waals surface area contributed by atoms with E-state index in [4.69, 9.17) is 38.0 Å². The molecular weight excluding hydrogens is 558 g/mol. The van der Waals surface area contributed by atoms with Crippen molar-refractivity contribution < 1.29 is 19.0 Å². The number of carbonyl (C=O) groups excluding carboxylic acids is 1. The first-order chi connectivity index (χ1) is 18.9. The molecule has 3 heterocycles. The van der Waals surface area contributed by atoms with Crippen LogP contribution in [0.3, 0.4) is 0 Å². The van der Waals surface area contributed by atoms with E-state index in [2.05, 4.69) is 4.98 Å². The number of methoxy groups -OCH3 is 2. The highest BCUT2D eigenvalue weighted by Crippen LogP contribution is 2.35. The second-order valence-corrected chi connectivity index (χ2v) is 10.5. The van der Waals surface area contributed by atoms with Crippen LogP contribution in [-0.2, 0) is 11.2 Å². The van der Waals surface area contributed by atoms with Gasteiger partial charge in [-0.3, -0.25) is 18.9 Å². The maximum Gasteiger partial charge on any atom is 0.269 e. The van der Waals surface area contributed by atoms with Gasteiger partial charge in [-0.05, 0) is 54.5 Å². The van der Waals surface area contributed by atoms with Crippen LogP contribution in [0.5, 0.6) is 23.1 Å². The minimum atomic E-state index is -0.391. The third kappa shape index (κ3) is 5.49. The van der Waals surface area contributed by atoms with E-state index in [-0.39, 0.29) is 17.4 Å². The number of aromatic nitrogens is 2. The number of hydrogen-bond donors (Lipinski definition) is 0. The van der Waals surface area contributed by atoms with Crippen LogP contribution in [-0.4, -0.2) is 45.3 Å². The first-order valence-electron chi connectivity index (χ1n) is 11.8. The van der Waals surface area contributed by atoms with Crippen molar-refractivity contribution in [3.05, 3.63) is 98.3 Å². The highest BCUT2D eigenvalue weighted by molar-refractivity contribution is 8.26. The van der Waals surface area contributed by atoms with Crippen LogP contribution < -0.4 is 19.8 Å². The molecule has 2 aromatic heterocycles. The summed E-state index contributed by atoms with van der Waals surface area (Å²) < 4.78 is 18.4. The Morgan fingerprint density at radius 2 is 1.77 bits per heavy atom. The molecule has 0 aliphatic carbocycles. The minimum Gasteiger partial charge on any atom is -0.493 e. The van der Waals surface area contributed by atoms with Gasteiger partial charge in [0.2, 0.25) is 5.88 Å². The Bertz CT molecular complexity index is 1690. The minimum absolute atomic E-state index is 0.0369. The molecule has 0 spiro atoms. The van der Waals surface area contributed by atoms with Gasteiger partial charge >= 0.3 is 0 Å². The zero-order valence-electron chi connectivity index (χ0n) is 20.9. The van der Waals surface area contributed by atoms with E-state index >= 15 is 0 Å². The second kappa shape index (κ2) is 11.5. The summed E-state index contributed by atoms with van der Waals surface area (Å²) in [6, 6.07) is 17.7. The lowest BCUT2D eigenvalue weighted by Gasteiger charge is -2.15. The zero-order chi connectivity index (χ0) is 27.5. The van der Waals surface area contributed by atoms with E-state index < -0.39 is 5.56 Å². The third-order valence-electron chi connectivity index (χ3n) is 6.00. The van der Waals surface area contributed by atoms with Gasteiger partial charge in [0.05, 0.1) is 24.1 Å². The molecule has 4 aromatic rings. The number of halogens is 1. The zero-order valence-corrected chi connectivity index (χ0v) is 23.3. The molecule has 11 heteroatoms. The summed E-state index contributed by atoms with van der Waals surface area (Å²) in [4.78, 5) is 33.2. The number of amides is 1. The van der Waals surface area contributed by atoms with Gasteiger partial charge in [-0.2, -0.15) is 4.98 Å². The molecule has 5 rings (SSSR count). The van der Waals surface area contributed by atoms with E-state index in [9.17, 15) is 9.59 Å². The van der Waals surface area contributed by atoms with Crippen LogP contribution in [0.15, 0.2) is 76.6 Å². The quantitative estimate of drug-likeness (QED) is 0.197. The van der Waals surface area contributed by atoms with Gasteiger partial charge in [-0.1, -0.05) is 59.8 Å². The van der Waals surface area contributed by atoms with Crippen molar-refractivity contribution >= 4 is 57.5 Å². The number of nitrogens with zero attached hydrogens (tertiary/aromatic N) is 3. The lowest BCUT2D eigenvalue weighted by Crippen LogP contribution is -2.30. The standard InChI is InChI=1S/C28H22ClN3O5S2/c1-35-21-11-10-17(15-22(21)36-2)12-14-32-27(34)23(39-28(32)38)16-18-25(37-20-8-4-3-7-19(20)29)30-24-9-5-6-13-31(24)26(18)33/h3-11,13,15-16H,12,14H2,1-2H3/b23-16+. The van der Waals surface area contributed by atoms with Gasteiger partial charge in [0, 0.05) is 12.7 Å². The largest absolute Gasteiger partial charge is 0.493 e. The van der Waals surface area contributed by atoms with Gasteiger partial charge in [0.1, 0.15) is 21.3 Å². The van der Waals surface area contributed by atoms with Crippen molar-refractivity contribution in [1.29, 1.82) is 0 Å². The lowest BCUT2D eigenvalue weighted by atomic mass is 10.1. The van der Waals surface area contributed by atoms with Gasteiger partial charge in [0.15, 0.2) is 11.5 Å². The molecule has 0 N–H and O–H groups in total. The SMILES string of the molecule is COc1ccc(CCN2C(=O)/C(=C\c3c(Oc4ccccc4Cl)nc4ccccn4c3=O)SC2=S)cc1OC. The van der Waals surface area contributed by atoms with Crippen molar-refractivity contribution in [3.63, 3.8) is 0 Å². The Labute approximate surface area is 238 Å². The number of thiocarbonyl (C=S) groups is 1. The van der Waals surface area contributed by atoms with E-state index in [0.29, 0.717) is 50.1 Å². The van der Waals surface area contributed by atoms with E-state index in [0.717, 1.165) is 17.3 Å². The molecule has 0 saturated carbocycles. The van der Waals surface area contributed by atoms with E-state index in [1.807, 2.05) is 18.2 Å². The van der Waals surface area contributed by atoms with Crippen molar-refractivity contribution in [2.75, 3.05) is 20.8 Å². The van der Waals surface area contributed by atoms with E-state index in [1.54, 1.807) is 62.9 Å². The number of para-hydroxylation sites is 1. The summed E-state index contributed by atoms with van der Waals surface area (Å²) in [6.07, 6.45) is 3.63. The first-order valence-corrected chi connectivity index (χ1v) is 13.4. The number of benzene rings is 2. The van der Waals surface area contributed by atoms with Crippen LogP contribution in [0.1, 0.15) is 11.1 Å². The molecule has 39 heavy (non-hydrogen) atoms. The topological polar surface area (TPSA) is 82.4 Å². The predicted octanol–water partition coefficient (Wildman–Crippen LogP) is 5.60. The maximum atomic E-state index is 13.5. The summed E-state index contributed by atoms with van der Waals surface area (Å²) in [5.74, 6) is 1.31. The number of fused-ring (bicyclic) bond motifs is 1. The molecule has 0 bridgehead atoms. The molecule has 1 fully saturated rings. The number of ether oxygens (including phenoxy) is 3. The number of hydrogen-bond acceptors (Lipinski definition) is 8. The van der Waals surface area contributed by atoms with Crippen molar-refractivity contribution in [2.24, 2.45) is 0 Å². The molecule has 2 aromatic carbocycles. The van der Waals surface area contributed by atoms with Crippen LogP contribution in [0.4, 0.5) is 0 Å². The second-order valence-electron chi connectivity index (χ2n) is 8.37. The molecular formula is C28H22ClN3O5S2. The van der Waals surface area contributed by atoms with Gasteiger partial charge in [0.25, 0.3) is 11.5 Å². The molecule has 1 aliphatic rings. The van der Waals surface area contributed by atoms with Crippen molar-refractivity contribution in [3.8, 4) is 23.1 Å². The fourth-order valence-electron chi connectivity index (χ4n) is 4.02. The average Bonchev–Trinajstić information content (AvgIpc) is 3.22. The average molecular weight is 580 g/mol. The maximum absolute atomic E-state index is 13.5. The highest BCUT2D eigenvalue weighted by Gasteiger charge is 2.32.